The molecule has 0 aliphatic carbocycles. The van der Waals surface area contributed by atoms with Crippen LogP contribution in [-0.4, -0.2) is 22.7 Å². The van der Waals surface area contributed by atoms with Crippen LogP contribution in [-0.2, 0) is 6.42 Å². The molecule has 0 amide bonds. The third-order valence-electron chi connectivity index (χ3n) is 6.15. The molecule has 0 saturated carbocycles. The molecule has 0 aliphatic rings. The van der Waals surface area contributed by atoms with Crippen LogP contribution >= 0.6 is 0 Å². The molecule has 182 valence electrons. The maximum absolute atomic E-state index is 11.7. The lowest BCUT2D eigenvalue weighted by molar-refractivity contribution is 0.0691. The van der Waals surface area contributed by atoms with Crippen molar-refractivity contribution < 1.29 is 14.6 Å². The van der Waals surface area contributed by atoms with Crippen molar-refractivity contribution >= 4 is 5.97 Å². The monoisotopic (exact) mass is 453 g/mol. The van der Waals surface area contributed by atoms with Gasteiger partial charge in [0.2, 0.25) is 0 Å². The van der Waals surface area contributed by atoms with Crippen LogP contribution < -0.4 is 4.74 Å². The standard InChI is InChI=1S/C29H43NO3/c1-3-5-7-9-11-12-14-16-24-22-27(28(29(31)32)30-23-24)25-17-19-26(20-18-25)33-21-15-13-10-8-6-4-2/h17-20,22-23H,3-16,21H2,1-2H3,(H,31,32). The lowest BCUT2D eigenvalue weighted by Gasteiger charge is -2.11. The van der Waals surface area contributed by atoms with E-state index < -0.39 is 5.97 Å². The topological polar surface area (TPSA) is 59.4 Å². The van der Waals surface area contributed by atoms with Gasteiger partial charge < -0.3 is 9.84 Å². The largest absolute Gasteiger partial charge is 0.494 e. The second kappa shape index (κ2) is 16.3. The Hall–Kier alpha value is -2.36. The number of aromatic carboxylic acids is 1. The molecule has 0 fully saturated rings. The van der Waals surface area contributed by atoms with Gasteiger partial charge >= 0.3 is 5.97 Å². The van der Waals surface area contributed by atoms with Gasteiger partial charge in [0.15, 0.2) is 5.69 Å². The van der Waals surface area contributed by atoms with E-state index in [1.807, 2.05) is 30.3 Å². The van der Waals surface area contributed by atoms with Crippen LogP contribution in [0.5, 0.6) is 5.75 Å². The number of benzene rings is 1. The van der Waals surface area contributed by atoms with Gasteiger partial charge in [-0.1, -0.05) is 96.6 Å². The number of rotatable bonds is 18. The maximum atomic E-state index is 11.7. The normalized spacial score (nSPS) is 11.0. The zero-order valence-corrected chi connectivity index (χ0v) is 20.8. The minimum atomic E-state index is -0.990. The molecule has 2 aromatic rings. The molecule has 0 unspecified atom stereocenters. The first kappa shape index (κ1) is 26.9. The highest BCUT2D eigenvalue weighted by Crippen LogP contribution is 2.27. The Bertz CT molecular complexity index is 801. The Morgan fingerprint density at radius 1 is 0.818 bits per heavy atom. The van der Waals surface area contributed by atoms with Gasteiger partial charge in [0.05, 0.1) is 6.61 Å². The summed E-state index contributed by atoms with van der Waals surface area (Å²) in [5.41, 5.74) is 2.77. The lowest BCUT2D eigenvalue weighted by Crippen LogP contribution is -2.04. The molecule has 2 rings (SSSR count). The summed E-state index contributed by atoms with van der Waals surface area (Å²) >= 11 is 0. The smallest absolute Gasteiger partial charge is 0.355 e. The first-order valence-corrected chi connectivity index (χ1v) is 13.1. The minimum absolute atomic E-state index is 0.110. The molecule has 0 aliphatic heterocycles. The van der Waals surface area contributed by atoms with E-state index in [1.54, 1.807) is 6.20 Å². The fourth-order valence-corrected chi connectivity index (χ4v) is 4.12. The summed E-state index contributed by atoms with van der Waals surface area (Å²) in [5, 5.41) is 9.62. The van der Waals surface area contributed by atoms with Crippen molar-refractivity contribution in [3.05, 3.63) is 47.8 Å². The molecule has 4 heteroatoms. The maximum Gasteiger partial charge on any atom is 0.355 e. The summed E-state index contributed by atoms with van der Waals surface area (Å²) < 4.78 is 5.87. The summed E-state index contributed by atoms with van der Waals surface area (Å²) in [7, 11) is 0. The van der Waals surface area contributed by atoms with E-state index >= 15 is 0 Å². The summed E-state index contributed by atoms with van der Waals surface area (Å²) in [6.07, 6.45) is 18.9. The molecule has 4 nitrogen and oxygen atoms in total. The molecule has 1 N–H and O–H groups in total. The fourth-order valence-electron chi connectivity index (χ4n) is 4.12. The van der Waals surface area contributed by atoms with Crippen molar-refractivity contribution in [1.82, 2.24) is 4.98 Å². The van der Waals surface area contributed by atoms with Crippen LogP contribution in [0.4, 0.5) is 0 Å². The van der Waals surface area contributed by atoms with Crippen LogP contribution in [0.1, 0.15) is 113 Å². The van der Waals surface area contributed by atoms with Crippen LogP contribution in [0, 0.1) is 0 Å². The van der Waals surface area contributed by atoms with Crippen LogP contribution in [0.25, 0.3) is 11.1 Å². The van der Waals surface area contributed by atoms with E-state index in [9.17, 15) is 9.90 Å². The van der Waals surface area contributed by atoms with Crippen molar-refractivity contribution in [1.29, 1.82) is 0 Å². The Morgan fingerprint density at radius 3 is 2.00 bits per heavy atom. The summed E-state index contributed by atoms with van der Waals surface area (Å²) in [4.78, 5) is 16.0. The molecule has 1 aromatic heterocycles. The number of carboxylic acids is 1. The zero-order chi connectivity index (χ0) is 23.7. The van der Waals surface area contributed by atoms with Gasteiger partial charge in [0, 0.05) is 11.8 Å². The summed E-state index contributed by atoms with van der Waals surface area (Å²) in [5.74, 6) is -0.160. The van der Waals surface area contributed by atoms with E-state index in [0.717, 1.165) is 42.7 Å². The second-order valence-electron chi connectivity index (χ2n) is 9.06. The summed E-state index contributed by atoms with van der Waals surface area (Å²) in [6.45, 7) is 5.19. The van der Waals surface area contributed by atoms with Gasteiger partial charge in [-0.25, -0.2) is 9.78 Å². The highest BCUT2D eigenvalue weighted by Gasteiger charge is 2.14. The Morgan fingerprint density at radius 2 is 1.39 bits per heavy atom. The molecular formula is C29H43NO3. The number of hydrogen-bond donors (Lipinski definition) is 1. The molecule has 0 bridgehead atoms. The summed E-state index contributed by atoms with van der Waals surface area (Å²) in [6, 6.07) is 9.75. The number of hydrogen-bond acceptors (Lipinski definition) is 3. The lowest BCUT2D eigenvalue weighted by atomic mass is 9.99. The molecule has 1 aromatic carbocycles. The van der Waals surface area contributed by atoms with Crippen molar-refractivity contribution in [2.75, 3.05) is 6.61 Å². The second-order valence-corrected chi connectivity index (χ2v) is 9.06. The Kier molecular flexibility index (Phi) is 13.3. The highest BCUT2D eigenvalue weighted by atomic mass is 16.5. The van der Waals surface area contributed by atoms with Crippen molar-refractivity contribution in [3.63, 3.8) is 0 Å². The zero-order valence-electron chi connectivity index (χ0n) is 20.8. The molecule has 0 saturated heterocycles. The van der Waals surface area contributed by atoms with E-state index in [2.05, 4.69) is 18.8 Å². The van der Waals surface area contributed by atoms with E-state index in [0.29, 0.717) is 5.56 Å². The highest BCUT2D eigenvalue weighted by molar-refractivity contribution is 5.94. The van der Waals surface area contributed by atoms with Gasteiger partial charge in [0.1, 0.15) is 5.75 Å². The quantitative estimate of drug-likeness (QED) is 0.230. The predicted octanol–water partition coefficient (Wildman–Crippen LogP) is 8.48. The Balaban J connectivity index is 1.89. The molecule has 0 atom stereocenters. The third kappa shape index (κ3) is 10.4. The van der Waals surface area contributed by atoms with Crippen LogP contribution in [0.2, 0.25) is 0 Å². The average molecular weight is 454 g/mol. The first-order chi connectivity index (χ1) is 16.2. The van der Waals surface area contributed by atoms with Crippen LogP contribution in [0.15, 0.2) is 36.5 Å². The number of nitrogens with zero attached hydrogens (tertiary/aromatic N) is 1. The average Bonchev–Trinajstić information content (AvgIpc) is 2.83. The van der Waals surface area contributed by atoms with E-state index in [1.165, 1.54) is 70.6 Å². The van der Waals surface area contributed by atoms with Gasteiger partial charge in [-0.15, -0.1) is 0 Å². The Labute approximate surface area is 200 Å². The number of unbranched alkanes of at least 4 members (excludes halogenated alkanes) is 11. The molecule has 0 spiro atoms. The number of carboxylic acid groups (broad SMARTS) is 1. The number of aryl methyl sites for hydroxylation is 1. The number of pyridine rings is 1. The fraction of sp³-hybridized carbons (Fsp3) is 0.586. The minimum Gasteiger partial charge on any atom is -0.494 e. The van der Waals surface area contributed by atoms with Gasteiger partial charge in [-0.2, -0.15) is 0 Å². The molecule has 0 radical (unpaired) electrons. The first-order valence-electron chi connectivity index (χ1n) is 13.1. The number of ether oxygens (including phenoxy) is 1. The number of aromatic nitrogens is 1. The van der Waals surface area contributed by atoms with Crippen molar-refractivity contribution in [3.8, 4) is 16.9 Å². The van der Waals surface area contributed by atoms with Gasteiger partial charge in [-0.05, 0) is 48.6 Å². The van der Waals surface area contributed by atoms with Crippen molar-refractivity contribution in [2.45, 2.75) is 104 Å². The van der Waals surface area contributed by atoms with E-state index in [-0.39, 0.29) is 5.69 Å². The van der Waals surface area contributed by atoms with Gasteiger partial charge in [-0.3, -0.25) is 0 Å². The molecule has 33 heavy (non-hydrogen) atoms. The SMILES string of the molecule is CCCCCCCCCc1cnc(C(=O)O)c(-c2ccc(OCCCCCCCC)cc2)c1. The van der Waals surface area contributed by atoms with Crippen LogP contribution in [0.3, 0.4) is 0 Å². The third-order valence-corrected chi connectivity index (χ3v) is 6.15. The van der Waals surface area contributed by atoms with E-state index in [4.69, 9.17) is 4.74 Å². The number of carbonyl (C=O) groups is 1. The molecular weight excluding hydrogens is 410 g/mol. The predicted molar refractivity (Wildman–Crippen MR) is 137 cm³/mol. The van der Waals surface area contributed by atoms with Gasteiger partial charge in [0.25, 0.3) is 0 Å². The molecule has 1 heterocycles. The van der Waals surface area contributed by atoms with Crippen molar-refractivity contribution in [2.24, 2.45) is 0 Å².